The van der Waals surface area contributed by atoms with Gasteiger partial charge in [0.05, 0.1) is 12.2 Å². The third-order valence-corrected chi connectivity index (χ3v) is 5.71. The van der Waals surface area contributed by atoms with Crippen LogP contribution < -0.4 is 0 Å². The molecule has 0 fully saturated rings. The van der Waals surface area contributed by atoms with E-state index in [1.165, 1.54) is 51.4 Å². The van der Waals surface area contributed by atoms with Crippen LogP contribution in [0.2, 0.25) is 0 Å². The van der Waals surface area contributed by atoms with Crippen LogP contribution in [0.1, 0.15) is 81.5 Å². The van der Waals surface area contributed by atoms with Gasteiger partial charge in [0.25, 0.3) is 0 Å². The number of rotatable bonds is 12. The zero-order chi connectivity index (χ0) is 20.3. The number of ether oxygens (including phenoxy) is 1. The highest BCUT2D eigenvalue weighted by molar-refractivity contribution is 6.16. The Bertz CT molecular complexity index is 859. The molecule has 154 valence electrons. The number of fused-ring (bicyclic) bond motifs is 2. The minimum absolute atomic E-state index is 0.200. The summed E-state index contributed by atoms with van der Waals surface area (Å²) < 4.78 is 5.68. The SMILES string of the molecule is CCCCCCCCCCCCOC(=O)c1c2ccccc2cc2ccccc12. The van der Waals surface area contributed by atoms with Crippen molar-refractivity contribution < 1.29 is 9.53 Å². The highest BCUT2D eigenvalue weighted by Crippen LogP contribution is 2.29. The van der Waals surface area contributed by atoms with E-state index in [4.69, 9.17) is 4.74 Å². The number of carbonyl (C=O) groups excluding carboxylic acids is 1. The van der Waals surface area contributed by atoms with Gasteiger partial charge in [-0.15, -0.1) is 0 Å². The standard InChI is InChI=1S/C27H34O2/c1-2-3-4-5-6-7-8-9-10-15-20-29-27(28)26-24-18-13-11-16-22(24)21-23-17-12-14-19-25(23)26/h11-14,16-19,21H,2-10,15,20H2,1H3. The maximum Gasteiger partial charge on any atom is 0.339 e. The predicted molar refractivity (Wildman–Crippen MR) is 124 cm³/mol. The molecule has 0 saturated carbocycles. The molecule has 0 radical (unpaired) electrons. The molecule has 3 rings (SSSR count). The molecule has 3 aromatic carbocycles. The molecule has 2 nitrogen and oxygen atoms in total. The summed E-state index contributed by atoms with van der Waals surface area (Å²) >= 11 is 0. The zero-order valence-corrected chi connectivity index (χ0v) is 17.8. The second-order valence-corrected chi connectivity index (χ2v) is 8.01. The fourth-order valence-corrected chi connectivity index (χ4v) is 4.06. The molecule has 0 bridgehead atoms. The van der Waals surface area contributed by atoms with Gasteiger partial charge < -0.3 is 4.74 Å². The van der Waals surface area contributed by atoms with E-state index in [9.17, 15) is 4.79 Å². The molecule has 0 heterocycles. The van der Waals surface area contributed by atoms with Crippen molar-refractivity contribution in [3.05, 3.63) is 60.2 Å². The van der Waals surface area contributed by atoms with Crippen LogP contribution in [0.3, 0.4) is 0 Å². The molecule has 0 saturated heterocycles. The van der Waals surface area contributed by atoms with Crippen LogP contribution >= 0.6 is 0 Å². The molecule has 29 heavy (non-hydrogen) atoms. The minimum atomic E-state index is -0.200. The Kier molecular flexibility index (Phi) is 8.55. The van der Waals surface area contributed by atoms with Crippen LogP contribution in [0.15, 0.2) is 54.6 Å². The lowest BCUT2D eigenvalue weighted by atomic mass is 9.97. The van der Waals surface area contributed by atoms with E-state index in [0.717, 1.165) is 34.4 Å². The first-order valence-corrected chi connectivity index (χ1v) is 11.4. The molecular formula is C27H34O2. The second-order valence-electron chi connectivity index (χ2n) is 8.01. The van der Waals surface area contributed by atoms with E-state index >= 15 is 0 Å². The van der Waals surface area contributed by atoms with Gasteiger partial charge in [-0.05, 0) is 34.0 Å². The van der Waals surface area contributed by atoms with Gasteiger partial charge in [0.2, 0.25) is 0 Å². The Balaban J connectivity index is 1.48. The average molecular weight is 391 g/mol. The van der Waals surface area contributed by atoms with E-state index in [-0.39, 0.29) is 5.97 Å². The zero-order valence-electron chi connectivity index (χ0n) is 17.8. The van der Waals surface area contributed by atoms with Crippen LogP contribution in [0.4, 0.5) is 0 Å². The van der Waals surface area contributed by atoms with Crippen molar-refractivity contribution >= 4 is 27.5 Å². The highest BCUT2D eigenvalue weighted by Gasteiger charge is 2.15. The first-order chi connectivity index (χ1) is 14.3. The predicted octanol–water partition coefficient (Wildman–Crippen LogP) is 8.07. The summed E-state index contributed by atoms with van der Waals surface area (Å²) in [6.45, 7) is 2.77. The number of carbonyl (C=O) groups is 1. The van der Waals surface area contributed by atoms with Crippen LogP contribution in [-0.2, 0) is 4.74 Å². The van der Waals surface area contributed by atoms with Crippen molar-refractivity contribution in [2.75, 3.05) is 6.61 Å². The fourth-order valence-electron chi connectivity index (χ4n) is 4.06. The van der Waals surface area contributed by atoms with Crippen LogP contribution in [0.25, 0.3) is 21.5 Å². The topological polar surface area (TPSA) is 26.3 Å². The number of unbranched alkanes of at least 4 members (excludes halogenated alkanes) is 9. The molecule has 0 spiro atoms. The highest BCUT2D eigenvalue weighted by atomic mass is 16.5. The van der Waals surface area contributed by atoms with Crippen molar-refractivity contribution in [1.29, 1.82) is 0 Å². The van der Waals surface area contributed by atoms with Crippen molar-refractivity contribution in [3.63, 3.8) is 0 Å². The summed E-state index contributed by atoms with van der Waals surface area (Å²) in [5.41, 5.74) is 0.700. The first-order valence-electron chi connectivity index (χ1n) is 11.4. The smallest absolute Gasteiger partial charge is 0.339 e. The average Bonchev–Trinajstić information content (AvgIpc) is 2.75. The summed E-state index contributed by atoms with van der Waals surface area (Å²) in [6, 6.07) is 18.3. The third kappa shape index (κ3) is 6.06. The largest absolute Gasteiger partial charge is 0.462 e. The van der Waals surface area contributed by atoms with Crippen molar-refractivity contribution in [2.24, 2.45) is 0 Å². The number of hydrogen-bond donors (Lipinski definition) is 0. The lowest BCUT2D eigenvalue weighted by molar-refractivity contribution is 0.0502. The number of benzene rings is 3. The van der Waals surface area contributed by atoms with Gasteiger partial charge in [0.15, 0.2) is 0 Å². The molecule has 0 aromatic heterocycles. The third-order valence-electron chi connectivity index (χ3n) is 5.71. The Hall–Kier alpha value is -2.35. The summed E-state index contributed by atoms with van der Waals surface area (Å²) in [6.07, 6.45) is 12.8. The lowest BCUT2D eigenvalue weighted by Gasteiger charge is -2.11. The monoisotopic (exact) mass is 390 g/mol. The quantitative estimate of drug-likeness (QED) is 0.177. The Labute approximate surface area is 175 Å². The first kappa shape index (κ1) is 21.4. The summed E-state index contributed by atoms with van der Waals surface area (Å²) in [5.74, 6) is -0.200. The Morgan fingerprint density at radius 2 is 1.17 bits per heavy atom. The maximum atomic E-state index is 12.9. The van der Waals surface area contributed by atoms with E-state index in [1.54, 1.807) is 0 Å². The van der Waals surface area contributed by atoms with Gasteiger partial charge in [0.1, 0.15) is 0 Å². The van der Waals surface area contributed by atoms with E-state index in [0.29, 0.717) is 12.2 Å². The van der Waals surface area contributed by atoms with Gasteiger partial charge in [0, 0.05) is 0 Å². The van der Waals surface area contributed by atoms with Gasteiger partial charge in [-0.3, -0.25) is 0 Å². The van der Waals surface area contributed by atoms with Gasteiger partial charge in [-0.25, -0.2) is 4.79 Å². The fraction of sp³-hybridized carbons (Fsp3) is 0.444. The molecule has 0 unspecified atom stereocenters. The van der Waals surface area contributed by atoms with Gasteiger partial charge in [-0.2, -0.15) is 0 Å². The van der Waals surface area contributed by atoms with E-state index in [2.05, 4.69) is 25.1 Å². The van der Waals surface area contributed by atoms with E-state index in [1.807, 2.05) is 36.4 Å². The van der Waals surface area contributed by atoms with Crippen molar-refractivity contribution in [2.45, 2.75) is 71.1 Å². The number of hydrogen-bond acceptors (Lipinski definition) is 2. The Morgan fingerprint density at radius 1 is 0.690 bits per heavy atom. The molecule has 3 aromatic rings. The number of esters is 1. The van der Waals surface area contributed by atoms with Crippen molar-refractivity contribution in [3.8, 4) is 0 Å². The molecule has 0 atom stereocenters. The second kappa shape index (κ2) is 11.6. The molecular weight excluding hydrogens is 356 g/mol. The molecule has 0 aliphatic rings. The molecule has 0 aliphatic carbocycles. The van der Waals surface area contributed by atoms with Gasteiger partial charge >= 0.3 is 5.97 Å². The van der Waals surface area contributed by atoms with E-state index < -0.39 is 0 Å². The summed E-state index contributed by atoms with van der Waals surface area (Å²) in [7, 11) is 0. The molecule has 2 heteroatoms. The van der Waals surface area contributed by atoms with Crippen LogP contribution in [0, 0.1) is 0 Å². The molecule has 0 amide bonds. The summed E-state index contributed by atoms with van der Waals surface area (Å²) in [5, 5.41) is 4.10. The Morgan fingerprint density at radius 3 is 1.72 bits per heavy atom. The molecule has 0 N–H and O–H groups in total. The van der Waals surface area contributed by atoms with Gasteiger partial charge in [-0.1, -0.05) is 113 Å². The minimum Gasteiger partial charge on any atom is -0.462 e. The van der Waals surface area contributed by atoms with Crippen molar-refractivity contribution in [1.82, 2.24) is 0 Å². The molecule has 0 aliphatic heterocycles. The normalized spacial score (nSPS) is 11.2. The van der Waals surface area contributed by atoms with Crippen LogP contribution in [0.5, 0.6) is 0 Å². The van der Waals surface area contributed by atoms with Crippen LogP contribution in [-0.4, -0.2) is 12.6 Å². The summed E-state index contributed by atoms with van der Waals surface area (Å²) in [4.78, 5) is 12.9. The lowest BCUT2D eigenvalue weighted by Crippen LogP contribution is -2.08. The maximum absolute atomic E-state index is 12.9.